The van der Waals surface area contributed by atoms with Crippen molar-refractivity contribution in [3.63, 3.8) is 0 Å². The molecule has 0 rings (SSSR count). The van der Waals surface area contributed by atoms with Crippen molar-refractivity contribution >= 4 is 1000 Å². The maximum absolute atomic E-state index is 7.66. The zero-order valence-corrected chi connectivity index (χ0v) is 82.0. The molecule has 0 heterocycles. The predicted octanol–water partition coefficient (Wildman–Crippen LogP) is -54.1. The van der Waals surface area contributed by atoms with Crippen molar-refractivity contribution in [2.24, 2.45) is 0 Å². The zero-order chi connectivity index (χ0) is 112. The smallest absolute Gasteiger partial charge is 0 e. The summed E-state index contributed by atoms with van der Waals surface area (Å²) in [4.78, 5) is 0. The van der Waals surface area contributed by atoms with Crippen LogP contribution in [0.4, 0.5) is 0 Å². The second-order valence-electron chi connectivity index (χ2n) is 40.4. The molecule has 0 spiro atoms. The minimum atomic E-state index is -3.06. The first-order valence-electron chi connectivity index (χ1n) is 47.0. The Morgan fingerprint density at radius 3 is 0.0775 bits per heavy atom. The van der Waals surface area contributed by atoms with E-state index in [9.17, 15) is 0 Å². The fourth-order valence-electron chi connectivity index (χ4n) is 26.2. The Kier molecular flexibility index (Phi) is 74.1. The molecule has 426 valence electrons. The molecule has 144 radical (unpaired) electrons. The van der Waals surface area contributed by atoms with Crippen LogP contribution in [0.3, 0.4) is 0 Å². The van der Waals surface area contributed by atoms with Gasteiger partial charge in [0, 0.05) is 1000 Å². The highest BCUT2D eigenvalue weighted by Gasteiger charge is 2.73. The van der Waals surface area contributed by atoms with Crippen LogP contribution in [0.2, 0.25) is 0 Å². The Balaban J connectivity index is 18.5. The average molecular weight is 1540 g/mol. The number of hydrogen-bond donors (Lipinski definition) is 0. The highest BCUT2D eigenvalue weighted by atomic mass is 13.5. The van der Waals surface area contributed by atoms with Crippen LogP contribution in [-0.4, -0.2) is 1000 Å². The summed E-state index contributed by atoms with van der Waals surface area (Å²) in [5.74, 6) is 0. The molecule has 0 bridgehead atoms. The Labute approximate surface area is 992 Å². The van der Waals surface area contributed by atoms with Gasteiger partial charge in [-0.2, -0.15) is 0 Å². The Morgan fingerprint density at radius 1 is 0.0352 bits per heavy atom. The van der Waals surface area contributed by atoms with Gasteiger partial charge >= 0.3 is 0 Å². The highest BCUT2D eigenvalue weighted by molar-refractivity contribution is 8.48. The van der Waals surface area contributed by atoms with E-state index in [-0.39, 0.29) is 0 Å². The van der Waals surface area contributed by atoms with Crippen molar-refractivity contribution in [2.45, 2.75) is 0 Å². The third-order valence-corrected chi connectivity index (χ3v) is 30.7. The van der Waals surface area contributed by atoms with Gasteiger partial charge in [-0.15, -0.1) is 0 Å². The standard InChI is InChI=1S/B142/c1-73(2)109(74(3)4)127(110(75(5)6)76(7)8)136(128(111(77(9)10)78(11)12)112(79(13)14)80(15)16)140(135(125(105(65)66)106(67)68)126(107(69)70)108(71)72)142(139(133(121(97(49)50)98(51)52)122(99(53)54)100(55)56)134(123(101(57)58)102(59)60)124(103(61)62)104(63)64)141(137(129(113(81(17)18)82(19)20)114(83(21)22)84(23)24)130(115(85(25)26)86(27)28)116(87(29)30)88(31)32)138(131(117(89(33)34)90(35)36)118(91(37)38)92(39)40)132(119(93(41)42)94(43)44)120(95(45)46)96(47)48. The molecular formula is B142. The predicted molar refractivity (Wildman–Crippen MR) is 817 cm³/mol. The average Bonchev–Trinajstić information content (AvgIpc) is 0.695. The summed E-state index contributed by atoms with van der Waals surface area (Å²) in [5.41, 5.74) is 0. The van der Waals surface area contributed by atoms with E-state index < -0.39 is 447 Å². The Bertz CT molecular complexity index is 2450. The molecule has 0 aliphatic carbocycles. The Hall–Kier alpha value is 9.22. The van der Waals surface area contributed by atoms with Crippen molar-refractivity contribution in [2.75, 3.05) is 0 Å². The van der Waals surface area contributed by atoms with Gasteiger partial charge in [-0.3, -0.25) is 0 Å². The summed E-state index contributed by atoms with van der Waals surface area (Å²) < 4.78 is 0. The van der Waals surface area contributed by atoms with Gasteiger partial charge in [0.05, 0.1) is 0 Å². The van der Waals surface area contributed by atoms with E-state index in [4.69, 9.17) is 557 Å². The summed E-state index contributed by atoms with van der Waals surface area (Å²) in [5, 5.41) is 0. The van der Waals surface area contributed by atoms with Crippen LogP contribution >= 0.6 is 0 Å². The van der Waals surface area contributed by atoms with Gasteiger partial charge in [-0.25, -0.2) is 0 Å². The fraction of sp³-hybridized carbons (Fsp3) is 0. The topological polar surface area (TPSA) is 0 Å². The second-order valence-corrected chi connectivity index (χ2v) is 40.4. The van der Waals surface area contributed by atoms with E-state index in [0.29, 0.717) is 0 Å². The molecule has 0 unspecified atom stereocenters. The fourth-order valence-corrected chi connectivity index (χ4v) is 26.2. The van der Waals surface area contributed by atoms with Gasteiger partial charge in [0.25, 0.3) is 0 Å². The normalized spacial score (nSPS) is 9.89. The van der Waals surface area contributed by atoms with Gasteiger partial charge in [-0.1, -0.05) is 0 Å². The third-order valence-electron chi connectivity index (χ3n) is 30.7. The summed E-state index contributed by atoms with van der Waals surface area (Å²) >= 11 is 0. The zero-order valence-electron chi connectivity index (χ0n) is 82.0. The quantitative estimate of drug-likeness (QED) is 0.0533. The molecule has 0 saturated heterocycles. The minimum absolute atomic E-state index is 2.17. The lowest BCUT2D eigenvalue weighted by Crippen LogP contribution is -3.03. The molecule has 0 amide bonds. The largest absolute Gasteiger partial charge is 0 e. The molecule has 0 atom stereocenters. The minimum Gasteiger partial charge on any atom is 0 e. The molecule has 0 aromatic heterocycles. The van der Waals surface area contributed by atoms with Crippen LogP contribution < -0.4 is 0 Å². The SMILES string of the molecule is [B]B([B])B(B([B])[B])B(B(B([B])[B])B([B])[B])B(B(B(B([B])[B])B([B])[B])B(B([B])[B])B([B])[B])B(B(B(B([B])[B])B([B])[B])B(B([B])[B])B([B])[B])B(B(B(B(B([B])[B])B([B])[B])B(B([B])[B])B([B])[B])B(B(B([B])[B])B([B])[B])B(B([B])[B])B([B])[B])B(B(B(B(B([B])[B])B([B])[B])B(B([B])[B])B([B])[B])B(B(B([B])[B])B([B])[B])B(B([B])[B])B([B])[B])B(B(B(B([B])[B])B([B])[B])B(B([B])[B])B([B])[B])B(B(B([B])[B])B([B])[B])B(B([B])[B])B([B])[B]. The van der Waals surface area contributed by atoms with Crippen LogP contribution in [0.15, 0.2) is 0 Å². The van der Waals surface area contributed by atoms with E-state index in [0.717, 1.165) is 0 Å². The van der Waals surface area contributed by atoms with Crippen molar-refractivity contribution in [1.82, 2.24) is 0 Å². The maximum atomic E-state index is 7.66. The van der Waals surface area contributed by atoms with Gasteiger partial charge < -0.3 is 0 Å². The van der Waals surface area contributed by atoms with Crippen molar-refractivity contribution in [1.29, 1.82) is 0 Å². The molecule has 0 aliphatic heterocycles. The summed E-state index contributed by atoms with van der Waals surface area (Å²) in [6.45, 7) is 0. The first kappa shape index (κ1) is 151. The van der Waals surface area contributed by atoms with Gasteiger partial charge in [0.1, 0.15) is 0 Å². The molecule has 0 saturated carbocycles. The first-order valence-corrected chi connectivity index (χ1v) is 47.0. The monoisotopic (exact) mass is 1560 g/mol. The molecule has 0 aliphatic rings. The lowest BCUT2D eigenvalue weighted by Gasteiger charge is -2.65. The van der Waals surface area contributed by atoms with Crippen LogP contribution in [0.1, 0.15) is 0 Å². The molecule has 0 fully saturated rings. The summed E-state index contributed by atoms with van der Waals surface area (Å²) in [6, 6.07) is 0. The Morgan fingerprint density at radius 2 is 0.0563 bits per heavy atom. The van der Waals surface area contributed by atoms with E-state index in [1.807, 2.05) is 0 Å². The van der Waals surface area contributed by atoms with Gasteiger partial charge in [0.15, 0.2) is 0 Å². The molecule has 142 heavy (non-hydrogen) atoms. The summed E-state index contributed by atoms with van der Waals surface area (Å²) in [7, 11) is 544. The van der Waals surface area contributed by atoms with Crippen LogP contribution in [0, 0.1) is 0 Å². The van der Waals surface area contributed by atoms with Crippen LogP contribution in [0.5, 0.6) is 0 Å². The van der Waals surface area contributed by atoms with Crippen molar-refractivity contribution < 1.29 is 0 Å². The van der Waals surface area contributed by atoms with Gasteiger partial charge in [-0.05, 0) is 0 Å². The second kappa shape index (κ2) is 69.6. The van der Waals surface area contributed by atoms with Crippen LogP contribution in [0.25, 0.3) is 0 Å². The molecule has 0 N–H and O–H groups in total. The molecule has 0 aromatic rings. The lowest BCUT2D eigenvalue weighted by atomic mass is 8.16. The summed E-state index contributed by atoms with van der Waals surface area (Å²) in [6.07, 6.45) is -162. The maximum Gasteiger partial charge on any atom is 0 e. The lowest BCUT2D eigenvalue weighted by molar-refractivity contribution is 3.10. The third kappa shape index (κ3) is 40.3. The van der Waals surface area contributed by atoms with Gasteiger partial charge in [0.2, 0.25) is 0 Å². The first-order chi connectivity index (χ1) is 64.6. The molecule has 142 heteroatoms. The molecule has 0 aromatic carbocycles. The van der Waals surface area contributed by atoms with E-state index in [1.54, 1.807) is 0 Å². The number of rotatable bonds is 69. The van der Waals surface area contributed by atoms with Crippen LogP contribution in [-0.2, 0) is 0 Å². The van der Waals surface area contributed by atoms with E-state index >= 15 is 0 Å². The van der Waals surface area contributed by atoms with E-state index in [2.05, 4.69) is 0 Å². The van der Waals surface area contributed by atoms with Crippen molar-refractivity contribution in [3.05, 3.63) is 0 Å². The highest BCUT2D eigenvalue weighted by Crippen LogP contribution is 2.35. The number of hydrogen-bond acceptors (Lipinski definition) is 0. The molecular weight excluding hydrogens is 1540 g/mol. The van der Waals surface area contributed by atoms with E-state index in [1.165, 1.54) is 0 Å². The molecule has 0 nitrogen and oxygen atoms in total. The van der Waals surface area contributed by atoms with Crippen molar-refractivity contribution in [3.8, 4) is 0 Å².